The first kappa shape index (κ1) is 11.7. The fourth-order valence-corrected chi connectivity index (χ4v) is 2.70. The Bertz CT molecular complexity index is 641. The van der Waals surface area contributed by atoms with Gasteiger partial charge in [0.05, 0.1) is 6.26 Å². The van der Waals surface area contributed by atoms with Crippen LogP contribution < -0.4 is 0 Å². The Morgan fingerprint density at radius 3 is 2.42 bits per heavy atom. The molecule has 94 valence electrons. The van der Waals surface area contributed by atoms with E-state index in [0.29, 0.717) is 17.6 Å². The Balaban J connectivity index is 2.16. The normalized spacial score (nSPS) is 20.3. The monoisotopic (exact) mass is 250 g/mol. The number of carbonyl (C=O) groups excluding carboxylic acids is 1. The molecule has 2 aromatic carbocycles. The highest BCUT2D eigenvalue weighted by molar-refractivity contribution is 6.11. The van der Waals surface area contributed by atoms with Gasteiger partial charge in [-0.3, -0.25) is 4.79 Å². The average molecular weight is 250 g/mol. The highest BCUT2D eigenvalue weighted by Gasteiger charge is 2.29. The van der Waals surface area contributed by atoms with Crippen molar-refractivity contribution < 1.29 is 9.90 Å². The van der Waals surface area contributed by atoms with Crippen LogP contribution in [0.25, 0.3) is 0 Å². The van der Waals surface area contributed by atoms with E-state index in [4.69, 9.17) is 0 Å². The largest absolute Gasteiger partial charge is 0.515 e. The molecule has 0 spiro atoms. The molecule has 2 nitrogen and oxygen atoms in total. The molecule has 1 unspecified atom stereocenters. The van der Waals surface area contributed by atoms with Crippen LogP contribution in [0.3, 0.4) is 0 Å². The Labute approximate surface area is 112 Å². The van der Waals surface area contributed by atoms with E-state index in [1.807, 2.05) is 42.5 Å². The van der Waals surface area contributed by atoms with Gasteiger partial charge in [0.15, 0.2) is 5.78 Å². The van der Waals surface area contributed by atoms with Gasteiger partial charge in [-0.15, -0.1) is 0 Å². The summed E-state index contributed by atoms with van der Waals surface area (Å²) in [6, 6.07) is 17.7. The lowest BCUT2D eigenvalue weighted by Gasteiger charge is -2.26. The van der Waals surface area contributed by atoms with Crippen LogP contribution in [0.15, 0.2) is 66.4 Å². The maximum atomic E-state index is 12.2. The van der Waals surface area contributed by atoms with Crippen molar-refractivity contribution in [3.63, 3.8) is 0 Å². The van der Waals surface area contributed by atoms with E-state index in [1.54, 1.807) is 0 Å². The van der Waals surface area contributed by atoms with Gasteiger partial charge in [-0.05, 0) is 17.5 Å². The molecule has 0 aliphatic heterocycles. The van der Waals surface area contributed by atoms with Crippen molar-refractivity contribution in [2.45, 2.75) is 12.3 Å². The minimum Gasteiger partial charge on any atom is -0.515 e. The number of Topliss-reactive ketones (excluding diaryl/α,β-unsaturated/α-hetero) is 1. The van der Waals surface area contributed by atoms with Crippen molar-refractivity contribution in [2.75, 3.05) is 0 Å². The number of aliphatic hydroxyl groups is 1. The van der Waals surface area contributed by atoms with E-state index >= 15 is 0 Å². The van der Waals surface area contributed by atoms with Gasteiger partial charge in [-0.2, -0.15) is 0 Å². The summed E-state index contributed by atoms with van der Waals surface area (Å²) in [6.07, 6.45) is 1.50. The first-order valence-corrected chi connectivity index (χ1v) is 6.33. The summed E-state index contributed by atoms with van der Waals surface area (Å²) in [7, 11) is 0. The molecule has 0 saturated carbocycles. The number of benzene rings is 2. The molecular formula is C17H14O2. The fraction of sp³-hybridized carbons (Fsp3) is 0.118. The van der Waals surface area contributed by atoms with Crippen molar-refractivity contribution in [1.82, 2.24) is 0 Å². The predicted octanol–water partition coefficient (Wildman–Crippen LogP) is 3.85. The molecule has 1 aliphatic rings. The summed E-state index contributed by atoms with van der Waals surface area (Å²) in [4.78, 5) is 12.2. The van der Waals surface area contributed by atoms with Crippen LogP contribution >= 0.6 is 0 Å². The summed E-state index contributed by atoms with van der Waals surface area (Å²) in [6.45, 7) is 0. The van der Waals surface area contributed by atoms with Crippen LogP contribution in [0.4, 0.5) is 0 Å². The highest BCUT2D eigenvalue weighted by Crippen LogP contribution is 2.38. The van der Waals surface area contributed by atoms with Gasteiger partial charge in [0, 0.05) is 17.1 Å². The summed E-state index contributed by atoms with van der Waals surface area (Å²) in [5.74, 6) is 0.0683. The number of hydrogen-bond acceptors (Lipinski definition) is 2. The summed E-state index contributed by atoms with van der Waals surface area (Å²) in [5.41, 5.74) is 3.39. The lowest BCUT2D eigenvalue weighted by molar-refractivity contribution is 0.102. The number of rotatable bonds is 1. The van der Waals surface area contributed by atoms with E-state index in [-0.39, 0.29) is 11.7 Å². The van der Waals surface area contributed by atoms with Crippen molar-refractivity contribution in [3.8, 4) is 0 Å². The molecule has 0 fully saturated rings. The number of hydrogen-bond donors (Lipinski definition) is 1. The molecule has 0 amide bonds. The Morgan fingerprint density at radius 1 is 1.00 bits per heavy atom. The molecule has 0 heterocycles. The molecule has 1 N–H and O–H groups in total. The zero-order valence-electron chi connectivity index (χ0n) is 10.4. The molecule has 2 aromatic rings. The second-order valence-electron chi connectivity index (χ2n) is 4.74. The number of carbonyl (C=O) groups is 1. The summed E-state index contributed by atoms with van der Waals surface area (Å²) in [5, 5.41) is 9.27. The SMILES string of the molecule is O=C1/C(=C\O)CC(c2ccccc2)c2ccccc21. The Morgan fingerprint density at radius 2 is 1.68 bits per heavy atom. The topological polar surface area (TPSA) is 37.3 Å². The number of allylic oxidation sites excluding steroid dienone is 1. The number of fused-ring (bicyclic) bond motifs is 1. The molecule has 1 aliphatic carbocycles. The second-order valence-corrected chi connectivity index (χ2v) is 4.74. The first-order valence-electron chi connectivity index (χ1n) is 6.33. The van der Waals surface area contributed by atoms with E-state index in [1.165, 1.54) is 5.56 Å². The molecular weight excluding hydrogens is 236 g/mol. The third-order valence-electron chi connectivity index (χ3n) is 3.65. The van der Waals surface area contributed by atoms with Crippen molar-refractivity contribution in [3.05, 3.63) is 83.1 Å². The molecule has 0 saturated heterocycles. The molecule has 0 aromatic heterocycles. The van der Waals surface area contributed by atoms with E-state index in [0.717, 1.165) is 11.8 Å². The predicted molar refractivity (Wildman–Crippen MR) is 74.4 cm³/mol. The minimum atomic E-state index is -0.0646. The van der Waals surface area contributed by atoms with Crippen molar-refractivity contribution >= 4 is 5.78 Å². The Hall–Kier alpha value is -2.35. The average Bonchev–Trinajstić information content (AvgIpc) is 2.49. The third-order valence-corrected chi connectivity index (χ3v) is 3.65. The van der Waals surface area contributed by atoms with Crippen LogP contribution in [0.5, 0.6) is 0 Å². The van der Waals surface area contributed by atoms with E-state index in [9.17, 15) is 9.90 Å². The van der Waals surface area contributed by atoms with Gasteiger partial charge in [-0.25, -0.2) is 0 Å². The van der Waals surface area contributed by atoms with Gasteiger partial charge in [0.25, 0.3) is 0 Å². The maximum Gasteiger partial charge on any atom is 0.192 e. The zero-order valence-corrected chi connectivity index (χ0v) is 10.4. The molecule has 19 heavy (non-hydrogen) atoms. The number of aliphatic hydroxyl groups excluding tert-OH is 1. The van der Waals surface area contributed by atoms with Crippen molar-refractivity contribution in [2.24, 2.45) is 0 Å². The molecule has 2 heteroatoms. The third kappa shape index (κ3) is 1.95. The van der Waals surface area contributed by atoms with E-state index < -0.39 is 0 Å². The quantitative estimate of drug-likeness (QED) is 0.616. The smallest absolute Gasteiger partial charge is 0.192 e. The summed E-state index contributed by atoms with van der Waals surface area (Å²) >= 11 is 0. The fourth-order valence-electron chi connectivity index (χ4n) is 2.70. The maximum absolute atomic E-state index is 12.2. The van der Waals surface area contributed by atoms with Gasteiger partial charge in [-0.1, -0.05) is 54.6 Å². The van der Waals surface area contributed by atoms with E-state index in [2.05, 4.69) is 12.1 Å². The van der Waals surface area contributed by atoms with Crippen LogP contribution in [-0.4, -0.2) is 10.9 Å². The van der Waals surface area contributed by atoms with Gasteiger partial charge in [0.1, 0.15) is 0 Å². The Kier molecular flexibility index (Phi) is 2.92. The molecule has 0 radical (unpaired) electrons. The molecule has 0 bridgehead atoms. The second kappa shape index (κ2) is 4.73. The van der Waals surface area contributed by atoms with Gasteiger partial charge >= 0.3 is 0 Å². The van der Waals surface area contributed by atoms with Crippen LogP contribution in [0.1, 0.15) is 33.8 Å². The van der Waals surface area contributed by atoms with Crippen molar-refractivity contribution in [1.29, 1.82) is 0 Å². The first-order chi connectivity index (χ1) is 9.31. The number of ketones is 1. The molecule has 1 atom stereocenters. The van der Waals surface area contributed by atoms with Gasteiger partial charge < -0.3 is 5.11 Å². The van der Waals surface area contributed by atoms with Crippen LogP contribution in [0.2, 0.25) is 0 Å². The lowest BCUT2D eigenvalue weighted by atomic mass is 9.76. The lowest BCUT2D eigenvalue weighted by Crippen LogP contribution is -2.19. The van der Waals surface area contributed by atoms with Gasteiger partial charge in [0.2, 0.25) is 0 Å². The van der Waals surface area contributed by atoms with Crippen LogP contribution in [0, 0.1) is 0 Å². The highest BCUT2D eigenvalue weighted by atomic mass is 16.2. The minimum absolute atomic E-state index is 0.0646. The van der Waals surface area contributed by atoms with Crippen LogP contribution in [-0.2, 0) is 0 Å². The summed E-state index contributed by atoms with van der Waals surface area (Å²) < 4.78 is 0. The standard InChI is InChI=1S/C17H14O2/c18-11-13-10-16(12-6-2-1-3-7-12)14-8-4-5-9-15(14)17(13)19/h1-9,11,16,18H,10H2/b13-11-. The zero-order chi connectivity index (χ0) is 13.2. The molecule has 3 rings (SSSR count).